The number of carboxylic acid groups (broad SMARTS) is 1. The lowest BCUT2D eigenvalue weighted by molar-refractivity contribution is -0.117. The molecule has 0 aromatic heterocycles. The molecule has 1 amide bonds. The Morgan fingerprint density at radius 2 is 2.16 bits per heavy atom. The van der Waals surface area contributed by atoms with Crippen LogP contribution in [0.15, 0.2) is 22.7 Å². The van der Waals surface area contributed by atoms with Gasteiger partial charge in [-0.2, -0.15) is 11.8 Å². The molecule has 7 heteroatoms. The summed E-state index contributed by atoms with van der Waals surface area (Å²) in [6.45, 7) is 0. The molecule has 1 rings (SSSR count). The minimum Gasteiger partial charge on any atom is -0.478 e. The Kier molecular flexibility index (Phi) is 6.33. The van der Waals surface area contributed by atoms with Gasteiger partial charge >= 0.3 is 5.97 Å². The number of thioether (sulfide) groups is 1. The lowest BCUT2D eigenvalue weighted by Crippen LogP contribution is -2.36. The van der Waals surface area contributed by atoms with Gasteiger partial charge in [0.1, 0.15) is 0 Å². The molecule has 0 bridgehead atoms. The fourth-order valence-electron chi connectivity index (χ4n) is 1.40. The second-order valence-corrected chi connectivity index (χ2v) is 5.81. The molecule has 4 N–H and O–H groups in total. The van der Waals surface area contributed by atoms with Gasteiger partial charge in [0.05, 0.1) is 11.6 Å². The maximum atomic E-state index is 11.8. The van der Waals surface area contributed by atoms with Gasteiger partial charge in [0.2, 0.25) is 5.91 Å². The van der Waals surface area contributed by atoms with Crippen LogP contribution in [0.1, 0.15) is 16.8 Å². The maximum absolute atomic E-state index is 11.8. The van der Waals surface area contributed by atoms with Crippen LogP contribution in [0.25, 0.3) is 0 Å². The zero-order valence-electron chi connectivity index (χ0n) is 10.4. The Balaban J connectivity index is 2.76. The number of aromatic carboxylic acids is 1. The Morgan fingerprint density at radius 3 is 2.74 bits per heavy atom. The number of carboxylic acids is 1. The number of rotatable bonds is 6. The Labute approximate surface area is 124 Å². The van der Waals surface area contributed by atoms with Crippen molar-refractivity contribution in [2.24, 2.45) is 5.73 Å². The van der Waals surface area contributed by atoms with E-state index < -0.39 is 12.0 Å². The van der Waals surface area contributed by atoms with E-state index in [1.54, 1.807) is 17.8 Å². The smallest absolute Gasteiger partial charge is 0.335 e. The predicted molar refractivity (Wildman–Crippen MR) is 80.7 cm³/mol. The maximum Gasteiger partial charge on any atom is 0.335 e. The van der Waals surface area contributed by atoms with E-state index in [2.05, 4.69) is 21.2 Å². The van der Waals surface area contributed by atoms with Gasteiger partial charge < -0.3 is 16.2 Å². The fourth-order valence-corrected chi connectivity index (χ4v) is 2.38. The molecule has 5 nitrogen and oxygen atoms in total. The first kappa shape index (κ1) is 16.0. The summed E-state index contributed by atoms with van der Waals surface area (Å²) in [5.41, 5.74) is 6.25. The molecule has 0 saturated heterocycles. The summed E-state index contributed by atoms with van der Waals surface area (Å²) in [6, 6.07) is 3.89. The van der Waals surface area contributed by atoms with Crippen molar-refractivity contribution in [1.29, 1.82) is 0 Å². The minimum atomic E-state index is -1.05. The number of anilines is 1. The van der Waals surface area contributed by atoms with Gasteiger partial charge in [0.15, 0.2) is 0 Å². The molecular weight excluding hydrogens is 332 g/mol. The third-order valence-corrected chi connectivity index (χ3v) is 3.48. The summed E-state index contributed by atoms with van der Waals surface area (Å²) in [5.74, 6) is -0.569. The molecule has 0 aliphatic heterocycles. The van der Waals surface area contributed by atoms with E-state index in [4.69, 9.17) is 10.8 Å². The Hall–Kier alpha value is -1.05. The number of carbonyl (C=O) groups excluding carboxylic acids is 1. The van der Waals surface area contributed by atoms with Crippen LogP contribution in [0.4, 0.5) is 5.69 Å². The normalized spacial score (nSPS) is 11.9. The number of nitrogens with one attached hydrogen (secondary N) is 1. The van der Waals surface area contributed by atoms with E-state index in [0.29, 0.717) is 16.6 Å². The van der Waals surface area contributed by atoms with Gasteiger partial charge in [-0.05, 0) is 36.6 Å². The molecule has 1 aromatic carbocycles. The molecule has 1 atom stereocenters. The largest absolute Gasteiger partial charge is 0.478 e. The van der Waals surface area contributed by atoms with Crippen molar-refractivity contribution in [3.05, 3.63) is 28.2 Å². The van der Waals surface area contributed by atoms with Crippen LogP contribution in [0.5, 0.6) is 0 Å². The van der Waals surface area contributed by atoms with Gasteiger partial charge in [-0.3, -0.25) is 4.79 Å². The number of halogens is 1. The molecule has 0 radical (unpaired) electrons. The molecule has 104 valence electrons. The average Bonchev–Trinajstić information content (AvgIpc) is 2.34. The van der Waals surface area contributed by atoms with Crippen LogP contribution < -0.4 is 11.1 Å². The quantitative estimate of drug-likeness (QED) is 0.733. The number of hydrogen-bond donors (Lipinski definition) is 3. The van der Waals surface area contributed by atoms with Crippen LogP contribution in [0, 0.1) is 0 Å². The number of hydrogen-bond acceptors (Lipinski definition) is 4. The third-order valence-electron chi connectivity index (χ3n) is 2.38. The highest BCUT2D eigenvalue weighted by Crippen LogP contribution is 2.20. The average molecular weight is 347 g/mol. The van der Waals surface area contributed by atoms with Crippen molar-refractivity contribution in [2.75, 3.05) is 17.3 Å². The van der Waals surface area contributed by atoms with Crippen LogP contribution in [0.2, 0.25) is 0 Å². The van der Waals surface area contributed by atoms with Crippen LogP contribution in [0.3, 0.4) is 0 Å². The third kappa shape index (κ3) is 5.22. The number of nitrogens with two attached hydrogens (primary N) is 1. The first-order valence-electron chi connectivity index (χ1n) is 5.53. The first-order chi connectivity index (χ1) is 8.93. The predicted octanol–water partition coefficient (Wildman–Crippen LogP) is 2.17. The second kappa shape index (κ2) is 7.52. The highest BCUT2D eigenvalue weighted by molar-refractivity contribution is 9.10. The highest BCUT2D eigenvalue weighted by atomic mass is 79.9. The minimum absolute atomic E-state index is 0.0994. The van der Waals surface area contributed by atoms with E-state index in [0.717, 1.165) is 5.75 Å². The van der Waals surface area contributed by atoms with E-state index in [9.17, 15) is 9.59 Å². The molecule has 0 spiro atoms. The van der Waals surface area contributed by atoms with E-state index in [1.165, 1.54) is 12.1 Å². The first-order valence-corrected chi connectivity index (χ1v) is 7.72. The highest BCUT2D eigenvalue weighted by Gasteiger charge is 2.14. The molecular formula is C12H15BrN2O3S. The van der Waals surface area contributed by atoms with Gasteiger partial charge in [-0.15, -0.1) is 0 Å². The van der Waals surface area contributed by atoms with Crippen molar-refractivity contribution >= 4 is 45.3 Å². The zero-order valence-corrected chi connectivity index (χ0v) is 12.8. The van der Waals surface area contributed by atoms with Crippen molar-refractivity contribution in [1.82, 2.24) is 0 Å². The van der Waals surface area contributed by atoms with Crippen LogP contribution in [-0.2, 0) is 4.79 Å². The van der Waals surface area contributed by atoms with Gasteiger partial charge in [0, 0.05) is 10.2 Å². The molecule has 0 unspecified atom stereocenters. The summed E-state index contributed by atoms with van der Waals surface area (Å²) < 4.78 is 0.584. The van der Waals surface area contributed by atoms with Crippen molar-refractivity contribution in [3.63, 3.8) is 0 Å². The molecule has 0 aliphatic rings. The molecule has 0 aliphatic carbocycles. The second-order valence-electron chi connectivity index (χ2n) is 3.91. The summed E-state index contributed by atoms with van der Waals surface area (Å²) in [5, 5.41) is 11.6. The van der Waals surface area contributed by atoms with Gasteiger partial charge in [-0.1, -0.05) is 15.9 Å². The van der Waals surface area contributed by atoms with Crippen molar-refractivity contribution < 1.29 is 14.7 Å². The van der Waals surface area contributed by atoms with E-state index in [-0.39, 0.29) is 11.5 Å². The van der Waals surface area contributed by atoms with Gasteiger partial charge in [-0.25, -0.2) is 4.79 Å². The Morgan fingerprint density at radius 1 is 1.47 bits per heavy atom. The summed E-state index contributed by atoms with van der Waals surface area (Å²) in [4.78, 5) is 22.7. The summed E-state index contributed by atoms with van der Waals surface area (Å²) in [7, 11) is 0. The number of carbonyl (C=O) groups is 2. The van der Waals surface area contributed by atoms with Crippen molar-refractivity contribution in [2.45, 2.75) is 12.5 Å². The Bertz CT molecular complexity index is 482. The van der Waals surface area contributed by atoms with Gasteiger partial charge in [0.25, 0.3) is 0 Å². The lowest BCUT2D eigenvalue weighted by atomic mass is 10.2. The summed E-state index contributed by atoms with van der Waals surface area (Å²) in [6.07, 6.45) is 2.52. The molecule has 19 heavy (non-hydrogen) atoms. The topological polar surface area (TPSA) is 92.4 Å². The van der Waals surface area contributed by atoms with Crippen LogP contribution in [-0.4, -0.2) is 35.0 Å². The zero-order chi connectivity index (χ0) is 14.4. The number of amides is 1. The molecule has 0 saturated carbocycles. The lowest BCUT2D eigenvalue weighted by Gasteiger charge is -2.12. The van der Waals surface area contributed by atoms with Crippen molar-refractivity contribution in [3.8, 4) is 0 Å². The molecule has 0 fully saturated rings. The molecule has 1 aromatic rings. The molecule has 0 heterocycles. The monoisotopic (exact) mass is 346 g/mol. The summed E-state index contributed by atoms with van der Waals surface area (Å²) >= 11 is 4.82. The standard InChI is InChI=1S/C12H15BrN2O3S/c1-19-3-2-10(14)11(16)15-9-5-7(12(17)18)4-8(13)6-9/h4-6,10H,2-3,14H2,1H3,(H,15,16)(H,17,18)/t10-/m1/s1. The fraction of sp³-hybridized carbons (Fsp3) is 0.333. The van der Waals surface area contributed by atoms with E-state index >= 15 is 0 Å². The van der Waals surface area contributed by atoms with Crippen LogP contribution >= 0.6 is 27.7 Å². The number of benzene rings is 1. The SMILES string of the molecule is CSCC[C@@H](N)C(=O)Nc1cc(Br)cc(C(=O)O)c1. The van der Waals surface area contributed by atoms with E-state index in [1.807, 2.05) is 6.26 Å².